The van der Waals surface area contributed by atoms with E-state index in [1.165, 1.54) is 23.5 Å². The van der Waals surface area contributed by atoms with Gasteiger partial charge in [-0.3, -0.25) is 10.1 Å². The molecular weight excluding hydrogens is 370 g/mol. The number of sulfonamides is 1. The van der Waals surface area contributed by atoms with E-state index in [1.54, 1.807) is 19.9 Å². The van der Waals surface area contributed by atoms with Crippen LogP contribution in [0.1, 0.15) is 28.4 Å². The highest BCUT2D eigenvalue weighted by molar-refractivity contribution is 7.89. The summed E-state index contributed by atoms with van der Waals surface area (Å²) in [6, 6.07) is 10.4. The molecule has 0 unspecified atom stereocenters. The van der Waals surface area contributed by atoms with Crippen molar-refractivity contribution < 1.29 is 13.2 Å². The van der Waals surface area contributed by atoms with Gasteiger partial charge in [0.2, 0.25) is 10.0 Å². The predicted octanol–water partition coefficient (Wildman–Crippen LogP) is 3.46. The van der Waals surface area contributed by atoms with Crippen LogP contribution in [0.5, 0.6) is 0 Å². The van der Waals surface area contributed by atoms with E-state index in [2.05, 4.69) is 15.0 Å². The van der Waals surface area contributed by atoms with E-state index in [1.807, 2.05) is 25.1 Å². The molecule has 0 radical (unpaired) electrons. The molecule has 0 saturated carbocycles. The first-order valence-corrected chi connectivity index (χ1v) is 10.4. The fourth-order valence-electron chi connectivity index (χ4n) is 2.54. The van der Waals surface area contributed by atoms with Crippen LogP contribution in [0, 0.1) is 13.8 Å². The van der Waals surface area contributed by atoms with Gasteiger partial charge in [-0.25, -0.2) is 18.1 Å². The van der Waals surface area contributed by atoms with E-state index in [0.717, 1.165) is 15.8 Å². The molecule has 3 aromatic rings. The second-order valence-corrected chi connectivity index (χ2v) is 8.72. The van der Waals surface area contributed by atoms with Crippen molar-refractivity contribution in [1.29, 1.82) is 0 Å². The third-order valence-electron chi connectivity index (χ3n) is 3.86. The highest BCUT2D eigenvalue weighted by atomic mass is 32.2. The van der Waals surface area contributed by atoms with Gasteiger partial charge in [0.15, 0.2) is 5.13 Å². The Morgan fingerprint density at radius 2 is 1.92 bits per heavy atom. The number of rotatable bonds is 5. The minimum Gasteiger partial charge on any atom is -0.298 e. The van der Waals surface area contributed by atoms with Crippen LogP contribution >= 0.6 is 11.3 Å². The molecule has 0 fully saturated rings. The molecule has 2 N–H and O–H groups in total. The van der Waals surface area contributed by atoms with E-state index < -0.39 is 10.0 Å². The van der Waals surface area contributed by atoms with E-state index in [0.29, 0.717) is 16.3 Å². The fourth-order valence-corrected chi connectivity index (χ4v) is 4.56. The molecule has 1 amide bonds. The molecule has 1 aromatic heterocycles. The summed E-state index contributed by atoms with van der Waals surface area (Å²) in [7, 11) is -3.62. The van der Waals surface area contributed by atoms with E-state index in [-0.39, 0.29) is 17.3 Å². The van der Waals surface area contributed by atoms with Crippen molar-refractivity contribution in [3.8, 4) is 0 Å². The number of carbonyl (C=O) groups excluding carboxylic acids is 1. The van der Waals surface area contributed by atoms with Crippen LogP contribution in [-0.4, -0.2) is 25.9 Å². The van der Waals surface area contributed by atoms with E-state index in [9.17, 15) is 13.2 Å². The number of carbonyl (C=O) groups is 1. The van der Waals surface area contributed by atoms with E-state index in [4.69, 9.17) is 0 Å². The minimum absolute atomic E-state index is 0.0648. The van der Waals surface area contributed by atoms with Crippen LogP contribution in [0.3, 0.4) is 0 Å². The van der Waals surface area contributed by atoms with Gasteiger partial charge < -0.3 is 0 Å². The standard InChI is InChI=1S/C18H19N3O3S2/c1-4-19-26(23,24)13-7-6-12(3)14(10-13)17(22)21-18-20-15-8-5-11(2)9-16(15)25-18/h5-10,19H,4H2,1-3H3,(H,20,21,22). The molecule has 0 aliphatic carbocycles. The Hall–Kier alpha value is -2.29. The number of thiazole rings is 1. The average molecular weight is 390 g/mol. The zero-order chi connectivity index (χ0) is 18.9. The van der Waals surface area contributed by atoms with Gasteiger partial charge in [0.25, 0.3) is 5.91 Å². The number of benzene rings is 2. The summed E-state index contributed by atoms with van der Waals surface area (Å²) in [6.07, 6.45) is 0. The molecule has 2 aromatic carbocycles. The number of fused-ring (bicyclic) bond motifs is 1. The predicted molar refractivity (Wildman–Crippen MR) is 104 cm³/mol. The molecule has 0 aliphatic rings. The highest BCUT2D eigenvalue weighted by Crippen LogP contribution is 2.27. The molecule has 6 nitrogen and oxygen atoms in total. The van der Waals surface area contributed by atoms with Gasteiger partial charge in [0.1, 0.15) is 0 Å². The first kappa shape index (κ1) is 18.5. The van der Waals surface area contributed by atoms with Gasteiger partial charge in [0, 0.05) is 12.1 Å². The van der Waals surface area contributed by atoms with Crippen LogP contribution in [0.15, 0.2) is 41.3 Å². The molecule has 0 atom stereocenters. The van der Waals surface area contributed by atoms with Crippen LogP contribution in [0.25, 0.3) is 10.2 Å². The van der Waals surface area contributed by atoms with Crippen molar-refractivity contribution in [2.75, 3.05) is 11.9 Å². The lowest BCUT2D eigenvalue weighted by Crippen LogP contribution is -2.24. The minimum atomic E-state index is -3.62. The number of aromatic nitrogens is 1. The van der Waals surface area contributed by atoms with Gasteiger partial charge in [0.05, 0.1) is 15.1 Å². The number of amides is 1. The van der Waals surface area contributed by atoms with Crippen LogP contribution in [0.2, 0.25) is 0 Å². The van der Waals surface area contributed by atoms with Gasteiger partial charge in [-0.1, -0.05) is 30.4 Å². The van der Waals surface area contributed by atoms with Crippen molar-refractivity contribution in [3.63, 3.8) is 0 Å². The van der Waals surface area contributed by atoms with Crippen molar-refractivity contribution in [3.05, 3.63) is 53.1 Å². The molecule has 3 rings (SSSR count). The molecule has 0 spiro atoms. The Bertz CT molecular complexity index is 1090. The van der Waals surface area contributed by atoms with E-state index >= 15 is 0 Å². The van der Waals surface area contributed by atoms with Gasteiger partial charge in [-0.15, -0.1) is 0 Å². The summed E-state index contributed by atoms with van der Waals surface area (Å²) in [5.74, 6) is -0.383. The summed E-state index contributed by atoms with van der Waals surface area (Å²) in [5.41, 5.74) is 2.93. The zero-order valence-electron chi connectivity index (χ0n) is 14.7. The quantitative estimate of drug-likeness (QED) is 0.699. The monoisotopic (exact) mass is 389 g/mol. The van der Waals surface area contributed by atoms with Crippen LogP contribution in [-0.2, 0) is 10.0 Å². The molecule has 136 valence electrons. The fraction of sp³-hybridized carbons (Fsp3) is 0.222. The number of hydrogen-bond donors (Lipinski definition) is 2. The molecule has 0 bridgehead atoms. The number of aryl methyl sites for hydroxylation is 2. The second-order valence-electron chi connectivity index (χ2n) is 5.92. The van der Waals surface area contributed by atoms with Crippen molar-refractivity contribution in [2.45, 2.75) is 25.7 Å². The molecule has 8 heteroatoms. The molecule has 1 heterocycles. The molecule has 0 aliphatic heterocycles. The maximum atomic E-state index is 12.7. The number of hydrogen-bond acceptors (Lipinski definition) is 5. The Kier molecular flexibility index (Phi) is 5.08. The molecular formula is C18H19N3O3S2. The molecule has 0 saturated heterocycles. The highest BCUT2D eigenvalue weighted by Gasteiger charge is 2.18. The van der Waals surface area contributed by atoms with Crippen molar-refractivity contribution in [2.24, 2.45) is 0 Å². The second kappa shape index (κ2) is 7.14. The first-order valence-electron chi connectivity index (χ1n) is 8.09. The average Bonchev–Trinajstić information content (AvgIpc) is 2.96. The number of nitrogens with one attached hydrogen (secondary N) is 2. The maximum Gasteiger partial charge on any atom is 0.257 e. The Morgan fingerprint density at radius 3 is 2.65 bits per heavy atom. The van der Waals surface area contributed by atoms with Crippen LogP contribution < -0.4 is 10.0 Å². The summed E-state index contributed by atoms with van der Waals surface area (Å²) in [6.45, 7) is 5.74. The van der Waals surface area contributed by atoms with Gasteiger partial charge >= 0.3 is 0 Å². The SMILES string of the molecule is CCNS(=O)(=O)c1ccc(C)c(C(=O)Nc2nc3ccc(C)cc3s2)c1. The third kappa shape index (κ3) is 3.77. The van der Waals surface area contributed by atoms with Crippen molar-refractivity contribution >= 4 is 42.6 Å². The summed E-state index contributed by atoms with van der Waals surface area (Å²) < 4.78 is 27.8. The Balaban J connectivity index is 1.91. The zero-order valence-corrected chi connectivity index (χ0v) is 16.3. The Labute approximate surface area is 156 Å². The van der Waals surface area contributed by atoms with Crippen molar-refractivity contribution in [1.82, 2.24) is 9.71 Å². The lowest BCUT2D eigenvalue weighted by molar-refractivity contribution is 0.102. The topological polar surface area (TPSA) is 88.2 Å². The summed E-state index contributed by atoms with van der Waals surface area (Å²) >= 11 is 1.38. The molecule has 26 heavy (non-hydrogen) atoms. The summed E-state index contributed by atoms with van der Waals surface area (Å²) in [4.78, 5) is 17.1. The van der Waals surface area contributed by atoms with Crippen LogP contribution in [0.4, 0.5) is 5.13 Å². The smallest absolute Gasteiger partial charge is 0.257 e. The van der Waals surface area contributed by atoms with Gasteiger partial charge in [-0.05, 0) is 49.2 Å². The number of nitrogens with zero attached hydrogens (tertiary/aromatic N) is 1. The Morgan fingerprint density at radius 1 is 1.15 bits per heavy atom. The largest absolute Gasteiger partial charge is 0.298 e. The first-order chi connectivity index (χ1) is 12.3. The maximum absolute atomic E-state index is 12.7. The third-order valence-corrected chi connectivity index (χ3v) is 6.34. The normalized spacial score (nSPS) is 11.7. The lowest BCUT2D eigenvalue weighted by Gasteiger charge is -2.09. The summed E-state index contributed by atoms with van der Waals surface area (Å²) in [5, 5.41) is 3.25. The number of anilines is 1. The van der Waals surface area contributed by atoms with Gasteiger partial charge in [-0.2, -0.15) is 0 Å². The lowest BCUT2D eigenvalue weighted by atomic mass is 10.1.